The van der Waals surface area contributed by atoms with Crippen LogP contribution in [-0.4, -0.2) is 16.1 Å². The zero-order valence-corrected chi connectivity index (χ0v) is 12.6. The van der Waals surface area contributed by atoms with E-state index in [1.165, 1.54) is 16.3 Å². The molecule has 0 bridgehead atoms. The highest BCUT2D eigenvalue weighted by Crippen LogP contribution is 2.21. The van der Waals surface area contributed by atoms with E-state index in [9.17, 15) is 0 Å². The van der Waals surface area contributed by atoms with E-state index in [-0.39, 0.29) is 6.04 Å². The van der Waals surface area contributed by atoms with Gasteiger partial charge in [-0.1, -0.05) is 49.4 Å². The second-order valence-corrected chi connectivity index (χ2v) is 5.39. The molecule has 0 aliphatic carbocycles. The van der Waals surface area contributed by atoms with Gasteiger partial charge in [0.2, 0.25) is 0 Å². The van der Waals surface area contributed by atoms with Gasteiger partial charge in [-0.2, -0.15) is 0 Å². The summed E-state index contributed by atoms with van der Waals surface area (Å²) in [5, 5.41) is 6.13. The van der Waals surface area contributed by atoms with Crippen LogP contribution in [0, 0.1) is 0 Å². The number of nitrogens with one attached hydrogen (secondary N) is 1. The molecule has 2 aromatic carbocycles. The van der Waals surface area contributed by atoms with Gasteiger partial charge in [-0.15, -0.1) is 0 Å². The van der Waals surface area contributed by atoms with E-state index in [1.807, 2.05) is 19.4 Å². The molecule has 0 amide bonds. The number of likely N-dealkylation sites (N-methyl/N-ethyl adjacent to an activating group) is 1. The molecule has 3 heteroatoms. The molecule has 0 fully saturated rings. The summed E-state index contributed by atoms with van der Waals surface area (Å²) in [5.41, 5.74) is 1.34. The molecule has 3 nitrogen and oxygen atoms in total. The van der Waals surface area contributed by atoms with Crippen molar-refractivity contribution >= 4 is 10.8 Å². The minimum Gasteiger partial charge on any atom is -0.337 e. The normalized spacial score (nSPS) is 12.7. The molecular formula is C18H21N3. The van der Waals surface area contributed by atoms with Crippen LogP contribution in [-0.2, 0) is 13.5 Å². The van der Waals surface area contributed by atoms with Crippen molar-refractivity contribution in [2.24, 2.45) is 7.05 Å². The van der Waals surface area contributed by atoms with E-state index in [4.69, 9.17) is 0 Å². The van der Waals surface area contributed by atoms with Crippen molar-refractivity contribution in [2.75, 3.05) is 6.54 Å². The van der Waals surface area contributed by atoms with Gasteiger partial charge in [0, 0.05) is 19.4 Å². The summed E-state index contributed by atoms with van der Waals surface area (Å²) in [6.07, 6.45) is 4.81. The van der Waals surface area contributed by atoms with Gasteiger partial charge in [0.15, 0.2) is 0 Å². The van der Waals surface area contributed by atoms with E-state index in [2.05, 4.69) is 64.3 Å². The van der Waals surface area contributed by atoms with Crippen molar-refractivity contribution in [3.8, 4) is 0 Å². The molecule has 1 aromatic heterocycles. The van der Waals surface area contributed by atoms with Gasteiger partial charge < -0.3 is 9.88 Å². The van der Waals surface area contributed by atoms with Gasteiger partial charge in [0.1, 0.15) is 5.82 Å². The Balaban J connectivity index is 1.89. The van der Waals surface area contributed by atoms with Crippen molar-refractivity contribution in [1.82, 2.24) is 14.9 Å². The van der Waals surface area contributed by atoms with E-state index in [0.29, 0.717) is 0 Å². The minimum atomic E-state index is 0.246. The van der Waals surface area contributed by atoms with Crippen molar-refractivity contribution in [3.05, 3.63) is 66.2 Å². The van der Waals surface area contributed by atoms with Crippen molar-refractivity contribution in [2.45, 2.75) is 19.4 Å². The van der Waals surface area contributed by atoms with Crippen LogP contribution >= 0.6 is 0 Å². The first-order valence-corrected chi connectivity index (χ1v) is 7.46. The molecule has 3 aromatic rings. The lowest BCUT2D eigenvalue weighted by molar-refractivity contribution is 0.507. The first kappa shape index (κ1) is 13.8. The van der Waals surface area contributed by atoms with E-state index in [1.54, 1.807) is 0 Å². The van der Waals surface area contributed by atoms with Crippen molar-refractivity contribution in [3.63, 3.8) is 0 Å². The van der Waals surface area contributed by atoms with Crippen LogP contribution in [0.2, 0.25) is 0 Å². The molecular weight excluding hydrogens is 258 g/mol. The maximum atomic E-state index is 4.49. The fraction of sp³-hybridized carbons (Fsp3) is 0.278. The fourth-order valence-electron chi connectivity index (χ4n) is 2.82. The van der Waals surface area contributed by atoms with Crippen LogP contribution in [0.15, 0.2) is 54.9 Å². The maximum Gasteiger partial charge on any atom is 0.125 e. The molecule has 0 aliphatic heterocycles. The third-order valence-electron chi connectivity index (χ3n) is 3.87. The lowest BCUT2D eigenvalue weighted by Crippen LogP contribution is -2.25. The van der Waals surface area contributed by atoms with Crippen LogP contribution < -0.4 is 5.32 Å². The molecule has 0 radical (unpaired) electrons. The van der Waals surface area contributed by atoms with Gasteiger partial charge in [-0.3, -0.25) is 0 Å². The number of rotatable bonds is 5. The molecule has 1 atom stereocenters. The first-order valence-electron chi connectivity index (χ1n) is 7.46. The topological polar surface area (TPSA) is 29.9 Å². The molecule has 1 unspecified atom stereocenters. The molecule has 1 N–H and O–H groups in total. The quantitative estimate of drug-likeness (QED) is 0.775. The minimum absolute atomic E-state index is 0.246. The van der Waals surface area contributed by atoms with E-state index >= 15 is 0 Å². The zero-order chi connectivity index (χ0) is 14.7. The highest BCUT2D eigenvalue weighted by atomic mass is 15.1. The molecule has 0 saturated carbocycles. The third kappa shape index (κ3) is 2.98. The van der Waals surface area contributed by atoms with Crippen LogP contribution in [0.5, 0.6) is 0 Å². The molecule has 108 valence electrons. The lowest BCUT2D eigenvalue weighted by atomic mass is 10.0. The summed E-state index contributed by atoms with van der Waals surface area (Å²) in [6, 6.07) is 15.4. The lowest BCUT2D eigenvalue weighted by Gasteiger charge is -2.18. The number of hydrogen-bond acceptors (Lipinski definition) is 2. The number of fused-ring (bicyclic) bond motifs is 1. The third-order valence-corrected chi connectivity index (χ3v) is 3.87. The van der Waals surface area contributed by atoms with Crippen LogP contribution in [0.3, 0.4) is 0 Å². The molecule has 0 spiro atoms. The Morgan fingerprint density at radius 3 is 2.67 bits per heavy atom. The summed E-state index contributed by atoms with van der Waals surface area (Å²) in [4.78, 5) is 4.49. The Bertz CT molecular complexity index is 730. The monoisotopic (exact) mass is 279 g/mol. The Morgan fingerprint density at radius 2 is 1.95 bits per heavy atom. The van der Waals surface area contributed by atoms with Crippen LogP contribution in [0.4, 0.5) is 0 Å². The van der Waals surface area contributed by atoms with Crippen LogP contribution in [0.25, 0.3) is 10.8 Å². The molecule has 3 rings (SSSR count). The second-order valence-electron chi connectivity index (χ2n) is 5.39. The number of aryl methyl sites for hydroxylation is 1. The molecule has 1 heterocycles. The zero-order valence-electron chi connectivity index (χ0n) is 12.6. The van der Waals surface area contributed by atoms with Gasteiger partial charge in [0.25, 0.3) is 0 Å². The van der Waals surface area contributed by atoms with Crippen molar-refractivity contribution < 1.29 is 0 Å². The summed E-state index contributed by atoms with van der Waals surface area (Å²) < 4.78 is 2.09. The maximum absolute atomic E-state index is 4.49. The Labute approximate surface area is 125 Å². The number of hydrogen-bond donors (Lipinski definition) is 1. The number of aromatic nitrogens is 2. The Morgan fingerprint density at radius 1 is 1.14 bits per heavy atom. The SMILES string of the molecule is CCNC(Cc1ccc2ccccc2c1)c1nccn1C. The Hall–Kier alpha value is -2.13. The summed E-state index contributed by atoms with van der Waals surface area (Å²) in [5.74, 6) is 1.09. The van der Waals surface area contributed by atoms with E-state index < -0.39 is 0 Å². The largest absolute Gasteiger partial charge is 0.337 e. The summed E-state index contributed by atoms with van der Waals surface area (Å²) >= 11 is 0. The number of benzene rings is 2. The molecule has 0 saturated heterocycles. The molecule has 21 heavy (non-hydrogen) atoms. The van der Waals surface area contributed by atoms with Crippen molar-refractivity contribution in [1.29, 1.82) is 0 Å². The highest BCUT2D eigenvalue weighted by Gasteiger charge is 2.15. The summed E-state index contributed by atoms with van der Waals surface area (Å²) in [6.45, 7) is 3.07. The highest BCUT2D eigenvalue weighted by molar-refractivity contribution is 5.83. The Kier molecular flexibility index (Phi) is 4.02. The van der Waals surface area contributed by atoms with E-state index in [0.717, 1.165) is 18.8 Å². The number of nitrogens with zero attached hydrogens (tertiary/aromatic N) is 2. The fourth-order valence-corrected chi connectivity index (χ4v) is 2.82. The van der Waals surface area contributed by atoms with Crippen LogP contribution in [0.1, 0.15) is 24.4 Å². The average molecular weight is 279 g/mol. The predicted octanol–water partition coefficient (Wildman–Crippen LogP) is 3.47. The first-order chi connectivity index (χ1) is 10.3. The van der Waals surface area contributed by atoms with Gasteiger partial charge in [-0.25, -0.2) is 4.98 Å². The standard InChI is InChI=1S/C18H21N3/c1-3-19-17(18-20-10-11-21(18)2)13-14-8-9-15-6-4-5-7-16(15)12-14/h4-12,17,19H,3,13H2,1-2H3. The summed E-state index contributed by atoms with van der Waals surface area (Å²) in [7, 11) is 2.05. The smallest absolute Gasteiger partial charge is 0.125 e. The predicted molar refractivity (Wildman–Crippen MR) is 87.3 cm³/mol. The van der Waals surface area contributed by atoms with Gasteiger partial charge in [0.05, 0.1) is 6.04 Å². The average Bonchev–Trinajstić information content (AvgIpc) is 2.93. The number of imidazole rings is 1. The van der Waals surface area contributed by atoms with Gasteiger partial charge >= 0.3 is 0 Å². The molecule has 0 aliphatic rings. The second kappa shape index (κ2) is 6.10. The van der Waals surface area contributed by atoms with Gasteiger partial charge in [-0.05, 0) is 29.3 Å².